The first-order valence-corrected chi connectivity index (χ1v) is 10.4. The lowest BCUT2D eigenvalue weighted by Crippen LogP contribution is -2.19. The molecule has 0 aliphatic rings. The van der Waals surface area contributed by atoms with Crippen molar-refractivity contribution in [1.82, 2.24) is 0 Å². The van der Waals surface area contributed by atoms with Crippen molar-refractivity contribution in [3.8, 4) is 0 Å². The van der Waals surface area contributed by atoms with E-state index in [1.807, 2.05) is 0 Å². The molecule has 0 rings (SSSR count). The van der Waals surface area contributed by atoms with Gasteiger partial charge >= 0.3 is 17.9 Å². The first-order chi connectivity index (χ1) is 12.5. The van der Waals surface area contributed by atoms with Gasteiger partial charge in [0.2, 0.25) is 0 Å². The molecular weight excluding hydrogens is 360 g/mol. The van der Waals surface area contributed by atoms with Crippen LogP contribution in [-0.2, 0) is 23.9 Å². The number of hydrogen-bond donors (Lipinski definition) is 2. The van der Waals surface area contributed by atoms with E-state index >= 15 is 0 Å². The summed E-state index contributed by atoms with van der Waals surface area (Å²) in [4.78, 5) is 33.8. The number of hydrogen-bond acceptors (Lipinski definition) is 7. The quantitative estimate of drug-likeness (QED) is 0.287. The minimum Gasteiger partial charge on any atom is -0.481 e. The molecule has 0 aromatic rings. The van der Waals surface area contributed by atoms with Crippen LogP contribution in [0, 0.1) is 5.92 Å². The van der Waals surface area contributed by atoms with Gasteiger partial charge in [-0.25, -0.2) is 0 Å². The third kappa shape index (κ3) is 15.0. The van der Waals surface area contributed by atoms with Crippen LogP contribution in [0.4, 0.5) is 0 Å². The van der Waals surface area contributed by atoms with E-state index in [9.17, 15) is 14.4 Å². The fourth-order valence-corrected chi connectivity index (χ4v) is 3.20. The topological polar surface area (TPSA) is 110 Å². The van der Waals surface area contributed by atoms with Crippen molar-refractivity contribution in [3.05, 3.63) is 0 Å². The minimum absolute atomic E-state index is 0.0384. The maximum absolute atomic E-state index is 12.2. The van der Waals surface area contributed by atoms with E-state index in [0.29, 0.717) is 50.9 Å². The zero-order valence-electron chi connectivity index (χ0n) is 15.6. The van der Waals surface area contributed by atoms with Crippen LogP contribution in [0.1, 0.15) is 58.3 Å². The lowest BCUT2D eigenvalue weighted by Gasteiger charge is -2.15. The Hall–Kier alpha value is -1.28. The average molecular weight is 393 g/mol. The number of aliphatic hydroxyl groups excluding tert-OH is 1. The van der Waals surface area contributed by atoms with Gasteiger partial charge in [0.15, 0.2) is 0 Å². The zero-order valence-corrected chi connectivity index (χ0v) is 16.4. The molecule has 1 atom stereocenters. The Bertz CT molecular complexity index is 401. The minimum atomic E-state index is -0.801. The number of carbonyl (C=O) groups excluding carboxylic acids is 2. The van der Waals surface area contributed by atoms with Gasteiger partial charge in [-0.3, -0.25) is 14.4 Å². The number of aliphatic carboxylic acids is 1. The summed E-state index contributed by atoms with van der Waals surface area (Å²) in [6.07, 6.45) is 4.31. The second-order valence-corrected chi connectivity index (χ2v) is 7.12. The number of carboxylic acid groups (broad SMARTS) is 1. The van der Waals surface area contributed by atoms with E-state index in [4.69, 9.17) is 19.7 Å². The summed E-state index contributed by atoms with van der Waals surface area (Å²) in [7, 11) is 0. The van der Waals surface area contributed by atoms with Crippen molar-refractivity contribution in [2.45, 2.75) is 58.3 Å². The molecule has 152 valence electrons. The molecule has 0 spiro atoms. The fraction of sp³-hybridized carbons (Fsp3) is 0.833. The Morgan fingerprint density at radius 2 is 1.69 bits per heavy atom. The van der Waals surface area contributed by atoms with E-state index in [-0.39, 0.29) is 37.5 Å². The number of thioether (sulfide) groups is 1. The highest BCUT2D eigenvalue weighted by Gasteiger charge is 2.19. The predicted molar refractivity (Wildman–Crippen MR) is 100 cm³/mol. The van der Waals surface area contributed by atoms with Gasteiger partial charge in [0.05, 0.1) is 25.6 Å². The molecule has 0 saturated carbocycles. The highest BCUT2D eigenvalue weighted by Crippen LogP contribution is 2.18. The molecule has 0 aliphatic heterocycles. The van der Waals surface area contributed by atoms with Crippen LogP contribution < -0.4 is 0 Å². The summed E-state index contributed by atoms with van der Waals surface area (Å²) in [6.45, 7) is 2.45. The van der Waals surface area contributed by atoms with Gasteiger partial charge in [-0.1, -0.05) is 0 Å². The second kappa shape index (κ2) is 17.1. The average Bonchev–Trinajstić information content (AvgIpc) is 2.59. The van der Waals surface area contributed by atoms with Gasteiger partial charge in [-0.05, 0) is 51.2 Å². The molecule has 0 saturated heterocycles. The molecule has 0 amide bonds. The molecule has 8 heteroatoms. The Morgan fingerprint density at radius 3 is 2.35 bits per heavy atom. The van der Waals surface area contributed by atoms with Crippen molar-refractivity contribution in [1.29, 1.82) is 0 Å². The second-order valence-electron chi connectivity index (χ2n) is 5.89. The molecule has 7 nitrogen and oxygen atoms in total. The lowest BCUT2D eigenvalue weighted by molar-refractivity contribution is -0.149. The lowest BCUT2D eigenvalue weighted by atomic mass is 9.98. The van der Waals surface area contributed by atoms with Crippen LogP contribution in [0.2, 0.25) is 0 Å². The Balaban J connectivity index is 3.95. The number of esters is 2. The Labute approximate surface area is 159 Å². The first kappa shape index (κ1) is 24.7. The number of carbonyl (C=O) groups is 3. The van der Waals surface area contributed by atoms with Gasteiger partial charge in [0, 0.05) is 18.8 Å². The van der Waals surface area contributed by atoms with Gasteiger partial charge in [-0.2, -0.15) is 11.8 Å². The fourth-order valence-electron chi connectivity index (χ4n) is 2.31. The van der Waals surface area contributed by atoms with Crippen LogP contribution >= 0.6 is 11.8 Å². The maximum Gasteiger partial charge on any atom is 0.308 e. The summed E-state index contributed by atoms with van der Waals surface area (Å²) < 4.78 is 10.1. The molecule has 26 heavy (non-hydrogen) atoms. The van der Waals surface area contributed by atoms with Gasteiger partial charge in [0.25, 0.3) is 0 Å². The SMILES string of the molecule is CCOC(=O)CCCCOC(=O)C(CCCO)CCCSCCC(=O)O. The largest absolute Gasteiger partial charge is 0.481 e. The van der Waals surface area contributed by atoms with Crippen LogP contribution in [0.5, 0.6) is 0 Å². The first-order valence-electron chi connectivity index (χ1n) is 9.23. The molecule has 1 unspecified atom stereocenters. The van der Waals surface area contributed by atoms with E-state index in [1.165, 1.54) is 0 Å². The number of aliphatic hydroxyl groups is 1. The number of rotatable bonds is 17. The highest BCUT2D eigenvalue weighted by atomic mass is 32.2. The Kier molecular flexibility index (Phi) is 16.3. The third-order valence-corrected chi connectivity index (χ3v) is 4.74. The van der Waals surface area contributed by atoms with Gasteiger partial charge in [0.1, 0.15) is 0 Å². The predicted octanol–water partition coefficient (Wildman–Crippen LogP) is 2.64. The van der Waals surface area contributed by atoms with Crippen molar-refractivity contribution in [2.75, 3.05) is 31.3 Å². The standard InChI is InChI=1S/C18H32O7S/c1-2-24-17(22)9-3-4-12-25-18(23)15(7-5-11-19)8-6-13-26-14-10-16(20)21/h15,19H,2-14H2,1H3,(H,20,21). The molecule has 0 radical (unpaired) electrons. The van der Waals surface area contributed by atoms with E-state index in [2.05, 4.69) is 0 Å². The van der Waals surface area contributed by atoms with E-state index in [1.54, 1.807) is 18.7 Å². The molecule has 0 bridgehead atoms. The molecule has 0 aromatic heterocycles. The van der Waals surface area contributed by atoms with E-state index < -0.39 is 5.97 Å². The smallest absolute Gasteiger partial charge is 0.308 e. The summed E-state index contributed by atoms with van der Waals surface area (Å²) in [5.41, 5.74) is 0. The van der Waals surface area contributed by atoms with Crippen LogP contribution in [-0.4, -0.2) is 59.4 Å². The van der Waals surface area contributed by atoms with Crippen LogP contribution in [0.3, 0.4) is 0 Å². The van der Waals surface area contributed by atoms with E-state index in [0.717, 1.165) is 12.2 Å². The third-order valence-electron chi connectivity index (χ3n) is 3.67. The maximum atomic E-state index is 12.2. The molecule has 0 fully saturated rings. The Morgan fingerprint density at radius 1 is 0.962 bits per heavy atom. The number of carboxylic acids is 1. The molecule has 2 N–H and O–H groups in total. The normalized spacial score (nSPS) is 11.8. The zero-order chi connectivity index (χ0) is 19.6. The number of unbranched alkanes of at least 4 members (excludes halogenated alkanes) is 1. The number of ether oxygens (including phenoxy) is 2. The summed E-state index contributed by atoms with van der Waals surface area (Å²) >= 11 is 1.56. The van der Waals surface area contributed by atoms with Crippen LogP contribution in [0.25, 0.3) is 0 Å². The highest BCUT2D eigenvalue weighted by molar-refractivity contribution is 7.99. The molecule has 0 aliphatic carbocycles. The molecule has 0 heterocycles. The van der Waals surface area contributed by atoms with Gasteiger partial charge in [-0.15, -0.1) is 0 Å². The summed E-state index contributed by atoms with van der Waals surface area (Å²) in [6, 6.07) is 0. The van der Waals surface area contributed by atoms with Crippen molar-refractivity contribution < 1.29 is 34.1 Å². The summed E-state index contributed by atoms with van der Waals surface area (Å²) in [5, 5.41) is 17.6. The van der Waals surface area contributed by atoms with Crippen LogP contribution in [0.15, 0.2) is 0 Å². The van der Waals surface area contributed by atoms with Crippen molar-refractivity contribution in [3.63, 3.8) is 0 Å². The van der Waals surface area contributed by atoms with Gasteiger partial charge < -0.3 is 19.7 Å². The monoisotopic (exact) mass is 392 g/mol. The molecule has 0 aromatic carbocycles. The molecular formula is C18H32O7S. The van der Waals surface area contributed by atoms with Crippen molar-refractivity contribution >= 4 is 29.7 Å². The summed E-state index contributed by atoms with van der Waals surface area (Å²) in [5.74, 6) is -0.167. The van der Waals surface area contributed by atoms with Crippen molar-refractivity contribution in [2.24, 2.45) is 5.92 Å².